The highest BCUT2D eigenvalue weighted by atomic mass is 16.5. The molecular weight excluding hydrogens is 212 g/mol. The van der Waals surface area contributed by atoms with Gasteiger partial charge in [0.1, 0.15) is 0 Å². The molecule has 2 rings (SSSR count). The highest BCUT2D eigenvalue weighted by molar-refractivity contribution is 6.14. The van der Waals surface area contributed by atoms with Crippen LogP contribution < -0.4 is 5.06 Å². The predicted octanol–water partition coefficient (Wildman–Crippen LogP) is 0.464. The molecule has 1 aromatic rings. The van der Waals surface area contributed by atoms with Crippen LogP contribution in [-0.2, 0) is 14.3 Å². The summed E-state index contributed by atoms with van der Waals surface area (Å²) in [6.07, 6.45) is 1.46. The molecule has 0 unspecified atom stereocenters. The molecule has 1 aromatic heterocycles. The van der Waals surface area contributed by atoms with Gasteiger partial charge in [-0.05, 0) is 19.1 Å². The molecule has 0 saturated carbocycles. The second-order valence-corrected chi connectivity index (χ2v) is 3.24. The van der Waals surface area contributed by atoms with Gasteiger partial charge in [-0.1, -0.05) is 0 Å². The first-order valence-corrected chi connectivity index (χ1v) is 4.81. The summed E-state index contributed by atoms with van der Waals surface area (Å²) in [4.78, 5) is 27.1. The van der Waals surface area contributed by atoms with E-state index in [1.807, 2.05) is 0 Å². The van der Waals surface area contributed by atoms with Crippen LogP contribution in [0.25, 0.3) is 0 Å². The number of carbonyl (C=O) groups is 2. The fourth-order valence-corrected chi connectivity index (χ4v) is 1.61. The van der Waals surface area contributed by atoms with Crippen molar-refractivity contribution in [3.8, 4) is 0 Å². The number of anilines is 1. The number of amides is 1. The van der Waals surface area contributed by atoms with Crippen molar-refractivity contribution >= 4 is 17.6 Å². The average Bonchev–Trinajstić information content (AvgIpc) is 2.53. The largest absolute Gasteiger partial charge is 0.465 e. The zero-order valence-corrected chi connectivity index (χ0v) is 8.58. The van der Waals surface area contributed by atoms with Gasteiger partial charge in [-0.25, -0.2) is 0 Å². The maximum atomic E-state index is 11.6. The first-order valence-electron chi connectivity index (χ1n) is 4.81. The highest BCUT2D eigenvalue weighted by Gasteiger charge is 2.43. The molecular formula is C10H10N2O4. The summed E-state index contributed by atoms with van der Waals surface area (Å²) in [5.74, 6) is -2.57. The van der Waals surface area contributed by atoms with Gasteiger partial charge in [-0.3, -0.25) is 19.8 Å². The third kappa shape index (κ3) is 1.43. The third-order valence-electron chi connectivity index (χ3n) is 2.30. The molecule has 0 bridgehead atoms. The Kier molecular flexibility index (Phi) is 2.57. The summed E-state index contributed by atoms with van der Waals surface area (Å²) >= 11 is 0. The van der Waals surface area contributed by atoms with Crippen molar-refractivity contribution in [3.63, 3.8) is 0 Å². The highest BCUT2D eigenvalue weighted by Crippen LogP contribution is 2.34. The topological polar surface area (TPSA) is 79.7 Å². The minimum atomic E-state index is -1.15. The van der Waals surface area contributed by atoms with Crippen molar-refractivity contribution in [1.29, 1.82) is 0 Å². The predicted molar refractivity (Wildman–Crippen MR) is 52.9 cm³/mol. The summed E-state index contributed by atoms with van der Waals surface area (Å²) < 4.78 is 4.76. The third-order valence-corrected chi connectivity index (χ3v) is 2.30. The number of hydroxylamine groups is 1. The number of esters is 1. The van der Waals surface area contributed by atoms with E-state index in [-0.39, 0.29) is 18.0 Å². The molecule has 16 heavy (non-hydrogen) atoms. The molecule has 0 saturated heterocycles. The zero-order valence-electron chi connectivity index (χ0n) is 8.58. The molecule has 0 spiro atoms. The van der Waals surface area contributed by atoms with Crippen molar-refractivity contribution in [2.45, 2.75) is 12.8 Å². The van der Waals surface area contributed by atoms with E-state index < -0.39 is 17.8 Å². The van der Waals surface area contributed by atoms with Gasteiger partial charge in [0.05, 0.1) is 18.0 Å². The maximum Gasteiger partial charge on any atom is 0.324 e. The molecule has 0 fully saturated rings. The lowest BCUT2D eigenvalue weighted by Gasteiger charge is -2.07. The molecule has 84 valence electrons. The van der Waals surface area contributed by atoms with E-state index in [9.17, 15) is 14.8 Å². The molecule has 6 nitrogen and oxygen atoms in total. The molecule has 1 atom stereocenters. The number of fused-ring (bicyclic) bond motifs is 1. The Morgan fingerprint density at radius 2 is 2.44 bits per heavy atom. The van der Waals surface area contributed by atoms with E-state index in [0.29, 0.717) is 5.06 Å². The maximum absolute atomic E-state index is 11.6. The fourth-order valence-electron chi connectivity index (χ4n) is 1.61. The standard InChI is InChI=1S/C10H10N2O4/c1-2-16-10(14)7-8-6(4-3-5-11-8)12(15)9(7)13/h3-5,7,15H,2H2,1H3/t7-/m0/s1. The summed E-state index contributed by atoms with van der Waals surface area (Å²) in [7, 11) is 0. The van der Waals surface area contributed by atoms with Crippen LogP contribution in [0.5, 0.6) is 0 Å². The van der Waals surface area contributed by atoms with Crippen LogP contribution in [0.3, 0.4) is 0 Å². The van der Waals surface area contributed by atoms with Gasteiger partial charge in [0, 0.05) is 6.20 Å². The molecule has 0 aromatic carbocycles. The van der Waals surface area contributed by atoms with Crippen molar-refractivity contribution in [2.24, 2.45) is 0 Å². The molecule has 6 heteroatoms. The Balaban J connectivity index is 2.41. The van der Waals surface area contributed by atoms with E-state index in [2.05, 4.69) is 4.98 Å². The molecule has 1 aliphatic rings. The summed E-state index contributed by atoms with van der Waals surface area (Å²) in [5.41, 5.74) is 0.457. The Bertz CT molecular complexity index is 446. The monoisotopic (exact) mass is 222 g/mol. The average molecular weight is 222 g/mol. The number of carbonyl (C=O) groups excluding carboxylic acids is 2. The van der Waals surface area contributed by atoms with Crippen LogP contribution in [0.2, 0.25) is 0 Å². The number of aromatic nitrogens is 1. The fraction of sp³-hybridized carbons (Fsp3) is 0.300. The SMILES string of the molecule is CCOC(=O)[C@@H]1C(=O)N(O)c2cccnc21. The number of ether oxygens (including phenoxy) is 1. The number of rotatable bonds is 2. The van der Waals surface area contributed by atoms with Crippen LogP contribution in [0.15, 0.2) is 18.3 Å². The first kappa shape index (κ1) is 10.6. The molecule has 0 radical (unpaired) electrons. The first-order chi connectivity index (χ1) is 7.66. The summed E-state index contributed by atoms with van der Waals surface area (Å²) in [6, 6.07) is 3.09. The number of pyridine rings is 1. The van der Waals surface area contributed by atoms with Gasteiger partial charge in [-0.2, -0.15) is 5.06 Å². The Labute approximate surface area is 91.4 Å². The minimum absolute atomic E-state index is 0.177. The van der Waals surface area contributed by atoms with Crippen LogP contribution in [0.4, 0.5) is 5.69 Å². The minimum Gasteiger partial charge on any atom is -0.465 e. The van der Waals surface area contributed by atoms with E-state index in [1.54, 1.807) is 13.0 Å². The number of hydrogen-bond acceptors (Lipinski definition) is 5. The molecule has 0 aliphatic carbocycles. The van der Waals surface area contributed by atoms with E-state index in [0.717, 1.165) is 0 Å². The van der Waals surface area contributed by atoms with E-state index in [1.165, 1.54) is 12.3 Å². The molecule has 1 N–H and O–H groups in total. The second-order valence-electron chi connectivity index (χ2n) is 3.24. The zero-order chi connectivity index (χ0) is 11.7. The molecule has 1 amide bonds. The van der Waals surface area contributed by atoms with Crippen molar-refractivity contribution in [3.05, 3.63) is 24.0 Å². The van der Waals surface area contributed by atoms with E-state index >= 15 is 0 Å². The van der Waals surface area contributed by atoms with Crippen molar-refractivity contribution in [2.75, 3.05) is 11.7 Å². The van der Waals surface area contributed by atoms with Gasteiger partial charge < -0.3 is 4.74 Å². The molecule has 2 heterocycles. The van der Waals surface area contributed by atoms with Gasteiger partial charge in [0.2, 0.25) is 0 Å². The van der Waals surface area contributed by atoms with Gasteiger partial charge in [0.25, 0.3) is 5.91 Å². The van der Waals surface area contributed by atoms with Crippen molar-refractivity contribution < 1.29 is 19.5 Å². The normalized spacial score (nSPS) is 18.5. The molecule has 1 aliphatic heterocycles. The smallest absolute Gasteiger partial charge is 0.324 e. The van der Waals surface area contributed by atoms with Crippen LogP contribution in [-0.4, -0.2) is 28.7 Å². The number of hydrogen-bond donors (Lipinski definition) is 1. The lowest BCUT2D eigenvalue weighted by molar-refractivity contribution is -0.148. The van der Waals surface area contributed by atoms with Crippen LogP contribution in [0, 0.1) is 0 Å². The Morgan fingerprint density at radius 3 is 3.12 bits per heavy atom. The van der Waals surface area contributed by atoms with Gasteiger partial charge >= 0.3 is 5.97 Å². The second kappa shape index (κ2) is 3.90. The van der Waals surface area contributed by atoms with Gasteiger partial charge in [-0.15, -0.1) is 0 Å². The Hall–Kier alpha value is -1.95. The van der Waals surface area contributed by atoms with Crippen LogP contribution >= 0.6 is 0 Å². The summed E-state index contributed by atoms with van der Waals surface area (Å²) in [6.45, 7) is 1.82. The lowest BCUT2D eigenvalue weighted by atomic mass is 10.1. The van der Waals surface area contributed by atoms with E-state index in [4.69, 9.17) is 4.74 Å². The Morgan fingerprint density at radius 1 is 1.69 bits per heavy atom. The lowest BCUT2D eigenvalue weighted by Crippen LogP contribution is -2.29. The quantitative estimate of drug-likeness (QED) is 0.447. The number of nitrogens with zero attached hydrogens (tertiary/aromatic N) is 2. The summed E-state index contributed by atoms with van der Waals surface area (Å²) in [5, 5.41) is 9.91. The van der Waals surface area contributed by atoms with Crippen molar-refractivity contribution in [1.82, 2.24) is 4.98 Å². The van der Waals surface area contributed by atoms with Crippen LogP contribution in [0.1, 0.15) is 18.5 Å². The van der Waals surface area contributed by atoms with Gasteiger partial charge in [0.15, 0.2) is 5.92 Å².